The summed E-state index contributed by atoms with van der Waals surface area (Å²) in [7, 11) is 0. The summed E-state index contributed by atoms with van der Waals surface area (Å²) in [5.41, 5.74) is 0.645. The maximum Gasteiger partial charge on any atom is 0.321 e. The van der Waals surface area contributed by atoms with E-state index in [9.17, 15) is 14.3 Å². The number of thioether (sulfide) groups is 1. The zero-order valence-electron chi connectivity index (χ0n) is 9.72. The van der Waals surface area contributed by atoms with Crippen LogP contribution in [0, 0.1) is 5.82 Å². The maximum absolute atomic E-state index is 12.8. The van der Waals surface area contributed by atoms with Crippen molar-refractivity contribution in [3.8, 4) is 0 Å². The van der Waals surface area contributed by atoms with E-state index in [1.165, 1.54) is 12.1 Å². The number of rotatable bonds is 4. The molecule has 0 amide bonds. The lowest BCUT2D eigenvalue weighted by Crippen LogP contribution is -2.07. The van der Waals surface area contributed by atoms with Crippen LogP contribution in [0.3, 0.4) is 0 Å². The lowest BCUT2D eigenvalue weighted by atomic mass is 10.1. The predicted octanol–water partition coefficient (Wildman–Crippen LogP) is 4.40. The molecule has 2 rings (SSSR count). The lowest BCUT2D eigenvalue weighted by Gasteiger charge is -2.12. The van der Waals surface area contributed by atoms with Gasteiger partial charge in [-0.05, 0) is 42.0 Å². The second-order valence-corrected chi connectivity index (χ2v) is 5.46. The molecule has 5 heteroatoms. The average molecular weight is 297 g/mol. The molecule has 0 fully saturated rings. The number of benzene rings is 2. The molecule has 0 aromatic heterocycles. The highest BCUT2D eigenvalue weighted by Crippen LogP contribution is 2.35. The fourth-order valence-electron chi connectivity index (χ4n) is 1.55. The molecule has 0 aliphatic rings. The van der Waals surface area contributed by atoms with Crippen LogP contribution in [0.2, 0.25) is 5.02 Å². The van der Waals surface area contributed by atoms with Gasteiger partial charge in [0, 0.05) is 9.92 Å². The molecular formula is C14H10ClFO2S. The van der Waals surface area contributed by atoms with Gasteiger partial charge in [-0.25, -0.2) is 4.39 Å². The number of aliphatic carboxylic acids is 1. The van der Waals surface area contributed by atoms with E-state index >= 15 is 0 Å². The van der Waals surface area contributed by atoms with Crippen LogP contribution in [0.15, 0.2) is 53.4 Å². The summed E-state index contributed by atoms with van der Waals surface area (Å²) in [6.07, 6.45) is 0. The molecule has 98 valence electrons. The molecule has 1 N–H and O–H groups in total. The molecule has 0 bridgehead atoms. The minimum Gasteiger partial charge on any atom is -0.480 e. The molecule has 0 aliphatic carbocycles. The Kier molecular flexibility index (Phi) is 4.45. The summed E-state index contributed by atoms with van der Waals surface area (Å²) in [5, 5.41) is 9.09. The van der Waals surface area contributed by atoms with Gasteiger partial charge in [-0.15, -0.1) is 11.8 Å². The van der Waals surface area contributed by atoms with Crippen molar-refractivity contribution in [1.82, 2.24) is 0 Å². The second kappa shape index (κ2) is 6.08. The highest BCUT2D eigenvalue weighted by Gasteiger charge is 2.21. The summed E-state index contributed by atoms with van der Waals surface area (Å²) < 4.78 is 12.8. The normalized spacial score (nSPS) is 12.1. The Morgan fingerprint density at radius 2 is 1.68 bits per heavy atom. The highest BCUT2D eigenvalue weighted by atomic mass is 35.5. The van der Waals surface area contributed by atoms with Crippen LogP contribution in [0.5, 0.6) is 0 Å². The molecule has 0 radical (unpaired) electrons. The number of carboxylic acids is 1. The van der Waals surface area contributed by atoms with Crippen LogP contribution in [-0.2, 0) is 4.79 Å². The highest BCUT2D eigenvalue weighted by molar-refractivity contribution is 8.00. The Morgan fingerprint density at radius 1 is 1.11 bits per heavy atom. The van der Waals surface area contributed by atoms with Gasteiger partial charge in [0.15, 0.2) is 0 Å². The third-order valence-electron chi connectivity index (χ3n) is 2.46. The number of hydrogen-bond donors (Lipinski definition) is 1. The Balaban J connectivity index is 2.23. The van der Waals surface area contributed by atoms with E-state index in [0.717, 1.165) is 11.8 Å². The molecule has 0 aliphatic heterocycles. The predicted molar refractivity (Wildman–Crippen MR) is 74.1 cm³/mol. The Morgan fingerprint density at radius 3 is 2.21 bits per heavy atom. The molecule has 19 heavy (non-hydrogen) atoms. The molecule has 0 saturated carbocycles. The van der Waals surface area contributed by atoms with Crippen molar-refractivity contribution in [3.05, 3.63) is 64.9 Å². The van der Waals surface area contributed by atoms with Crippen LogP contribution in [0.25, 0.3) is 0 Å². The van der Waals surface area contributed by atoms with Gasteiger partial charge in [0.2, 0.25) is 0 Å². The van der Waals surface area contributed by atoms with E-state index in [4.69, 9.17) is 11.6 Å². The van der Waals surface area contributed by atoms with Gasteiger partial charge in [0.05, 0.1) is 0 Å². The van der Waals surface area contributed by atoms with Crippen molar-refractivity contribution in [2.75, 3.05) is 0 Å². The minimum atomic E-state index is -0.948. The van der Waals surface area contributed by atoms with Crippen molar-refractivity contribution in [3.63, 3.8) is 0 Å². The van der Waals surface area contributed by atoms with Crippen LogP contribution in [0.1, 0.15) is 10.8 Å². The van der Waals surface area contributed by atoms with Crippen LogP contribution in [0.4, 0.5) is 4.39 Å². The van der Waals surface area contributed by atoms with E-state index in [2.05, 4.69) is 0 Å². The lowest BCUT2D eigenvalue weighted by molar-refractivity contribution is -0.136. The van der Waals surface area contributed by atoms with Gasteiger partial charge < -0.3 is 5.11 Å². The monoisotopic (exact) mass is 296 g/mol. The Labute approximate surface area is 119 Å². The SMILES string of the molecule is O=C(O)C(Sc1ccc(F)cc1)c1ccc(Cl)cc1. The van der Waals surface area contributed by atoms with E-state index < -0.39 is 11.2 Å². The van der Waals surface area contributed by atoms with Crippen molar-refractivity contribution < 1.29 is 14.3 Å². The summed E-state index contributed by atoms with van der Waals surface area (Å²) >= 11 is 6.93. The average Bonchev–Trinajstić information content (AvgIpc) is 2.39. The fourth-order valence-corrected chi connectivity index (χ4v) is 2.63. The first kappa shape index (κ1) is 13.9. The quantitative estimate of drug-likeness (QED) is 0.850. The number of carbonyl (C=O) groups is 1. The van der Waals surface area contributed by atoms with Crippen LogP contribution in [-0.4, -0.2) is 11.1 Å². The minimum absolute atomic E-state index is 0.345. The standard InChI is InChI=1S/C14H10ClFO2S/c15-10-3-1-9(2-4-10)13(14(17)18)19-12-7-5-11(16)6-8-12/h1-8,13H,(H,17,18). The maximum atomic E-state index is 12.8. The summed E-state index contributed by atoms with van der Waals surface area (Å²) in [4.78, 5) is 12.0. The Bertz CT molecular complexity index is 569. The first-order chi connectivity index (χ1) is 9.06. The first-order valence-corrected chi connectivity index (χ1v) is 6.72. The number of halogens is 2. The van der Waals surface area contributed by atoms with Crippen molar-refractivity contribution >= 4 is 29.3 Å². The molecule has 2 aromatic rings. The van der Waals surface area contributed by atoms with E-state index in [1.807, 2.05) is 0 Å². The van der Waals surface area contributed by atoms with Gasteiger partial charge in [-0.2, -0.15) is 0 Å². The molecule has 1 unspecified atom stereocenters. The van der Waals surface area contributed by atoms with Gasteiger partial charge in [-0.1, -0.05) is 23.7 Å². The smallest absolute Gasteiger partial charge is 0.321 e. The van der Waals surface area contributed by atoms with E-state index in [-0.39, 0.29) is 5.82 Å². The molecule has 2 aromatic carbocycles. The zero-order valence-corrected chi connectivity index (χ0v) is 11.3. The number of hydrogen-bond acceptors (Lipinski definition) is 2. The summed E-state index contributed by atoms with van der Waals surface area (Å²) in [6.45, 7) is 0. The van der Waals surface area contributed by atoms with E-state index in [1.54, 1.807) is 36.4 Å². The van der Waals surface area contributed by atoms with Gasteiger partial charge in [0.25, 0.3) is 0 Å². The fraction of sp³-hybridized carbons (Fsp3) is 0.0714. The van der Waals surface area contributed by atoms with Crippen LogP contribution >= 0.6 is 23.4 Å². The third kappa shape index (κ3) is 3.72. The van der Waals surface area contributed by atoms with Gasteiger partial charge in [0.1, 0.15) is 11.1 Å². The molecule has 0 heterocycles. The topological polar surface area (TPSA) is 37.3 Å². The first-order valence-electron chi connectivity index (χ1n) is 5.47. The molecule has 1 atom stereocenters. The Hall–Kier alpha value is -1.52. The van der Waals surface area contributed by atoms with Crippen molar-refractivity contribution in [2.24, 2.45) is 0 Å². The molecule has 0 saturated heterocycles. The largest absolute Gasteiger partial charge is 0.480 e. The molecular weight excluding hydrogens is 287 g/mol. The van der Waals surface area contributed by atoms with Crippen LogP contribution < -0.4 is 0 Å². The van der Waals surface area contributed by atoms with Crippen molar-refractivity contribution in [2.45, 2.75) is 10.1 Å². The number of carboxylic acid groups (broad SMARTS) is 1. The second-order valence-electron chi connectivity index (χ2n) is 3.84. The third-order valence-corrected chi connectivity index (χ3v) is 3.97. The zero-order chi connectivity index (χ0) is 13.8. The summed E-state index contributed by atoms with van der Waals surface area (Å²) in [6, 6.07) is 12.4. The summed E-state index contributed by atoms with van der Waals surface area (Å²) in [5.74, 6) is -1.29. The van der Waals surface area contributed by atoms with Gasteiger partial charge >= 0.3 is 5.97 Å². The molecule has 2 nitrogen and oxygen atoms in total. The van der Waals surface area contributed by atoms with E-state index in [0.29, 0.717) is 15.5 Å². The van der Waals surface area contributed by atoms with Crippen molar-refractivity contribution in [1.29, 1.82) is 0 Å². The van der Waals surface area contributed by atoms with Gasteiger partial charge in [-0.3, -0.25) is 4.79 Å². The molecule has 0 spiro atoms.